The maximum atomic E-state index is 8.93. The molecule has 0 bridgehead atoms. The second kappa shape index (κ2) is 6.18. The van der Waals surface area contributed by atoms with E-state index in [1.807, 2.05) is 47.1 Å². The Balaban J connectivity index is 1.51. The van der Waals surface area contributed by atoms with E-state index >= 15 is 0 Å². The number of rotatable bonds is 4. The number of aromatic nitrogens is 4. The molecule has 0 unspecified atom stereocenters. The zero-order valence-electron chi connectivity index (χ0n) is 12.5. The van der Waals surface area contributed by atoms with E-state index < -0.39 is 0 Å². The van der Waals surface area contributed by atoms with Crippen molar-refractivity contribution < 1.29 is 4.42 Å². The van der Waals surface area contributed by atoms with Crippen LogP contribution in [0.1, 0.15) is 11.1 Å². The molecule has 4 rings (SSSR count). The molecule has 0 fully saturated rings. The van der Waals surface area contributed by atoms with E-state index in [0.29, 0.717) is 22.4 Å². The van der Waals surface area contributed by atoms with Crippen LogP contribution in [0.5, 0.6) is 0 Å². The van der Waals surface area contributed by atoms with Crippen LogP contribution >= 0.6 is 11.8 Å². The number of imidazole rings is 1. The third-order valence-electron chi connectivity index (χ3n) is 3.46. The molecule has 3 heterocycles. The molecule has 0 aliphatic rings. The van der Waals surface area contributed by atoms with E-state index in [2.05, 4.69) is 21.3 Å². The smallest absolute Gasteiger partial charge is 0.277 e. The number of nitriles is 1. The summed E-state index contributed by atoms with van der Waals surface area (Å²) in [5.74, 6) is 1.14. The van der Waals surface area contributed by atoms with Crippen molar-refractivity contribution in [3.8, 4) is 17.5 Å². The van der Waals surface area contributed by atoms with Crippen molar-refractivity contribution in [3.05, 3.63) is 66.1 Å². The molecule has 0 atom stereocenters. The van der Waals surface area contributed by atoms with Crippen LogP contribution < -0.4 is 0 Å². The Kier molecular flexibility index (Phi) is 3.73. The summed E-state index contributed by atoms with van der Waals surface area (Å²) in [5.41, 5.74) is 3.39. The van der Waals surface area contributed by atoms with Gasteiger partial charge in [-0.05, 0) is 29.8 Å². The van der Waals surface area contributed by atoms with Gasteiger partial charge in [0.15, 0.2) is 0 Å². The van der Waals surface area contributed by atoms with E-state index in [4.69, 9.17) is 9.68 Å². The van der Waals surface area contributed by atoms with E-state index in [-0.39, 0.29) is 0 Å². The first-order chi connectivity index (χ1) is 11.8. The molecule has 4 aromatic rings. The Morgan fingerprint density at radius 3 is 3.08 bits per heavy atom. The molecule has 6 nitrogen and oxygen atoms in total. The summed E-state index contributed by atoms with van der Waals surface area (Å²) in [6.07, 6.45) is 5.51. The highest BCUT2D eigenvalue weighted by Crippen LogP contribution is 2.26. The maximum absolute atomic E-state index is 8.93. The summed E-state index contributed by atoms with van der Waals surface area (Å²) in [6.45, 7) is 0. The minimum Gasteiger partial charge on any atom is -0.411 e. The molecule has 0 aliphatic carbocycles. The van der Waals surface area contributed by atoms with Gasteiger partial charge in [-0.1, -0.05) is 23.9 Å². The average molecular weight is 333 g/mol. The standard InChI is InChI=1S/C17H11N5OS/c18-9-12-2-1-3-13(8-12)11-24-17-21-20-16(23-17)14-4-5-15-19-6-7-22(15)10-14/h1-8,10H,11H2. The van der Waals surface area contributed by atoms with Crippen LogP contribution in [0.2, 0.25) is 0 Å². The molecule has 0 N–H and O–H groups in total. The quantitative estimate of drug-likeness (QED) is 0.531. The number of benzene rings is 1. The number of hydrogen-bond acceptors (Lipinski definition) is 6. The summed E-state index contributed by atoms with van der Waals surface area (Å²) >= 11 is 1.44. The van der Waals surface area contributed by atoms with Gasteiger partial charge < -0.3 is 8.82 Å². The van der Waals surface area contributed by atoms with E-state index in [1.165, 1.54) is 11.8 Å². The van der Waals surface area contributed by atoms with Gasteiger partial charge in [0, 0.05) is 24.3 Å². The molecule has 0 radical (unpaired) electrons. The Bertz CT molecular complexity index is 1050. The molecule has 0 saturated heterocycles. The van der Waals surface area contributed by atoms with Gasteiger partial charge in [0.1, 0.15) is 5.65 Å². The zero-order valence-corrected chi connectivity index (χ0v) is 13.3. The summed E-state index contributed by atoms with van der Waals surface area (Å²) < 4.78 is 7.62. The molecule has 24 heavy (non-hydrogen) atoms. The molecular weight excluding hydrogens is 322 g/mol. The first-order valence-electron chi connectivity index (χ1n) is 7.20. The van der Waals surface area contributed by atoms with Crippen LogP contribution in [0, 0.1) is 11.3 Å². The third-order valence-corrected chi connectivity index (χ3v) is 4.35. The molecule has 0 spiro atoms. The highest BCUT2D eigenvalue weighted by molar-refractivity contribution is 7.98. The average Bonchev–Trinajstić information content (AvgIpc) is 3.28. The molecule has 0 amide bonds. The predicted molar refractivity (Wildman–Crippen MR) is 89.2 cm³/mol. The van der Waals surface area contributed by atoms with Gasteiger partial charge in [0.2, 0.25) is 5.89 Å². The fourth-order valence-electron chi connectivity index (χ4n) is 2.31. The summed E-state index contributed by atoms with van der Waals surface area (Å²) in [6, 6.07) is 13.4. The summed E-state index contributed by atoms with van der Waals surface area (Å²) in [5, 5.41) is 17.6. The van der Waals surface area contributed by atoms with Crippen LogP contribution in [0.15, 0.2) is 64.6 Å². The Morgan fingerprint density at radius 2 is 2.17 bits per heavy atom. The lowest BCUT2D eigenvalue weighted by molar-refractivity contribution is 0.465. The maximum Gasteiger partial charge on any atom is 0.277 e. The lowest BCUT2D eigenvalue weighted by atomic mass is 10.2. The number of thioether (sulfide) groups is 1. The highest BCUT2D eigenvalue weighted by atomic mass is 32.2. The molecule has 1 aromatic carbocycles. The Morgan fingerprint density at radius 1 is 1.21 bits per heavy atom. The normalized spacial score (nSPS) is 10.8. The van der Waals surface area contributed by atoms with Gasteiger partial charge in [0.25, 0.3) is 5.22 Å². The topological polar surface area (TPSA) is 80.0 Å². The van der Waals surface area contributed by atoms with Gasteiger partial charge in [-0.15, -0.1) is 10.2 Å². The van der Waals surface area contributed by atoms with Crippen molar-refractivity contribution in [2.75, 3.05) is 0 Å². The van der Waals surface area contributed by atoms with Crippen LogP contribution in [0.4, 0.5) is 0 Å². The van der Waals surface area contributed by atoms with Crippen molar-refractivity contribution >= 4 is 17.4 Å². The van der Waals surface area contributed by atoms with Gasteiger partial charge in [-0.2, -0.15) is 5.26 Å². The number of nitrogens with zero attached hydrogens (tertiary/aromatic N) is 5. The monoisotopic (exact) mass is 333 g/mol. The lowest BCUT2D eigenvalue weighted by Crippen LogP contribution is -1.85. The van der Waals surface area contributed by atoms with Crippen molar-refractivity contribution in [1.82, 2.24) is 19.6 Å². The first-order valence-corrected chi connectivity index (χ1v) is 8.19. The van der Waals surface area contributed by atoms with Gasteiger partial charge >= 0.3 is 0 Å². The third kappa shape index (κ3) is 2.87. The van der Waals surface area contributed by atoms with Crippen molar-refractivity contribution in [1.29, 1.82) is 5.26 Å². The second-order valence-corrected chi connectivity index (χ2v) is 6.01. The summed E-state index contributed by atoms with van der Waals surface area (Å²) in [7, 11) is 0. The van der Waals surface area contributed by atoms with Crippen molar-refractivity contribution in [2.24, 2.45) is 0 Å². The minimum atomic E-state index is 0.471. The molecule has 3 aromatic heterocycles. The van der Waals surface area contributed by atoms with Crippen LogP contribution in [-0.2, 0) is 5.75 Å². The number of pyridine rings is 1. The van der Waals surface area contributed by atoms with Gasteiger partial charge in [-0.25, -0.2) is 4.98 Å². The van der Waals surface area contributed by atoms with Crippen LogP contribution in [0.3, 0.4) is 0 Å². The van der Waals surface area contributed by atoms with Crippen LogP contribution in [0.25, 0.3) is 17.1 Å². The van der Waals surface area contributed by atoms with Crippen LogP contribution in [-0.4, -0.2) is 19.6 Å². The molecule has 116 valence electrons. The van der Waals surface area contributed by atoms with Crippen molar-refractivity contribution in [2.45, 2.75) is 11.0 Å². The fourth-order valence-corrected chi connectivity index (χ4v) is 3.01. The SMILES string of the molecule is N#Cc1cccc(CSc2nnc(-c3ccc4nccn4c3)o2)c1. The second-order valence-electron chi connectivity index (χ2n) is 5.08. The summed E-state index contributed by atoms with van der Waals surface area (Å²) in [4.78, 5) is 4.21. The first kappa shape index (κ1) is 14.5. The number of fused-ring (bicyclic) bond motifs is 1. The number of hydrogen-bond donors (Lipinski definition) is 0. The molecule has 0 aliphatic heterocycles. The fraction of sp³-hybridized carbons (Fsp3) is 0.0588. The molecular formula is C17H11N5OS. The largest absolute Gasteiger partial charge is 0.411 e. The highest BCUT2D eigenvalue weighted by Gasteiger charge is 2.10. The molecule has 0 saturated carbocycles. The van der Waals surface area contributed by atoms with Gasteiger partial charge in [-0.3, -0.25) is 0 Å². The van der Waals surface area contributed by atoms with E-state index in [1.54, 1.807) is 12.3 Å². The Hall–Kier alpha value is -3.11. The Labute approximate surface area is 141 Å². The molecule has 7 heteroatoms. The van der Waals surface area contributed by atoms with E-state index in [9.17, 15) is 0 Å². The minimum absolute atomic E-state index is 0.471. The van der Waals surface area contributed by atoms with Crippen molar-refractivity contribution in [3.63, 3.8) is 0 Å². The van der Waals surface area contributed by atoms with E-state index in [0.717, 1.165) is 16.8 Å². The lowest BCUT2D eigenvalue weighted by Gasteiger charge is -1.99. The predicted octanol–water partition coefficient (Wildman–Crippen LogP) is 3.55. The zero-order chi connectivity index (χ0) is 16.4. The van der Waals surface area contributed by atoms with Gasteiger partial charge in [0.05, 0.1) is 17.2 Å².